The number of benzene rings is 1. The first-order chi connectivity index (χ1) is 10.3. The molecule has 5 heteroatoms. The quantitative estimate of drug-likeness (QED) is 0.598. The zero-order valence-electron chi connectivity index (χ0n) is 11.4. The lowest BCUT2D eigenvalue weighted by atomic mass is 10.2. The minimum absolute atomic E-state index is 0.827. The molecule has 4 aromatic rings. The maximum Gasteiger partial charge on any atom is 0.151 e. The number of nitrogens with one attached hydrogen (secondary N) is 1. The average Bonchev–Trinajstić information content (AvgIpc) is 2.87. The van der Waals surface area contributed by atoms with Crippen LogP contribution in [0.1, 0.15) is 5.56 Å². The molecule has 0 saturated carbocycles. The van der Waals surface area contributed by atoms with Gasteiger partial charge in [0.15, 0.2) is 5.82 Å². The molecule has 0 aliphatic rings. The maximum absolute atomic E-state index is 4.41. The van der Waals surface area contributed by atoms with E-state index < -0.39 is 0 Å². The Kier molecular flexibility index (Phi) is 2.79. The molecule has 0 atom stereocenters. The van der Waals surface area contributed by atoms with E-state index in [-0.39, 0.29) is 0 Å². The second-order valence-electron chi connectivity index (χ2n) is 4.85. The van der Waals surface area contributed by atoms with Gasteiger partial charge >= 0.3 is 0 Å². The van der Waals surface area contributed by atoms with E-state index in [0.29, 0.717) is 0 Å². The topological polar surface area (TPSA) is 50.7 Å². The van der Waals surface area contributed by atoms with Gasteiger partial charge in [0, 0.05) is 17.3 Å². The first-order valence-corrected chi connectivity index (χ1v) is 7.45. The highest BCUT2D eigenvalue weighted by Crippen LogP contribution is 2.35. The van der Waals surface area contributed by atoms with Crippen LogP contribution in [0.15, 0.2) is 48.9 Å². The molecule has 4 nitrogen and oxygen atoms in total. The molecule has 0 radical (unpaired) electrons. The van der Waals surface area contributed by atoms with Crippen molar-refractivity contribution in [2.24, 2.45) is 0 Å². The normalized spacial score (nSPS) is 11.1. The molecule has 4 rings (SSSR count). The summed E-state index contributed by atoms with van der Waals surface area (Å²) in [5.74, 6) is 0.827. The predicted molar refractivity (Wildman–Crippen MR) is 87.2 cm³/mol. The Labute approximate surface area is 125 Å². The van der Waals surface area contributed by atoms with Crippen LogP contribution >= 0.6 is 11.3 Å². The van der Waals surface area contributed by atoms with Crippen LogP contribution in [0.3, 0.4) is 0 Å². The number of thiophene rings is 1. The van der Waals surface area contributed by atoms with Crippen molar-refractivity contribution in [2.45, 2.75) is 6.92 Å². The lowest BCUT2D eigenvalue weighted by molar-refractivity contribution is 1.23. The molecular formula is C16H12N4S. The molecule has 0 aliphatic carbocycles. The van der Waals surface area contributed by atoms with E-state index in [0.717, 1.165) is 31.9 Å². The zero-order valence-corrected chi connectivity index (χ0v) is 12.2. The summed E-state index contributed by atoms with van der Waals surface area (Å²) in [5.41, 5.74) is 3.19. The van der Waals surface area contributed by atoms with Gasteiger partial charge in [0.2, 0.25) is 0 Å². The Morgan fingerprint density at radius 1 is 1.05 bits per heavy atom. The molecule has 0 bridgehead atoms. The number of aromatic nitrogens is 3. The first-order valence-electron chi connectivity index (χ1n) is 6.63. The maximum atomic E-state index is 4.41. The van der Waals surface area contributed by atoms with E-state index in [1.165, 1.54) is 5.56 Å². The van der Waals surface area contributed by atoms with Crippen LogP contribution in [0.25, 0.3) is 20.4 Å². The van der Waals surface area contributed by atoms with Crippen molar-refractivity contribution in [1.29, 1.82) is 0 Å². The Morgan fingerprint density at radius 3 is 2.90 bits per heavy atom. The van der Waals surface area contributed by atoms with Crippen LogP contribution < -0.4 is 5.32 Å². The number of anilines is 2. The molecule has 0 amide bonds. The van der Waals surface area contributed by atoms with Gasteiger partial charge in [-0.05, 0) is 36.8 Å². The van der Waals surface area contributed by atoms with Gasteiger partial charge in [0.25, 0.3) is 0 Å². The van der Waals surface area contributed by atoms with Crippen LogP contribution in [0, 0.1) is 6.92 Å². The molecule has 0 saturated heterocycles. The molecule has 0 aliphatic heterocycles. The summed E-state index contributed by atoms with van der Waals surface area (Å²) in [4.78, 5) is 14.2. The Balaban J connectivity index is 1.89. The molecule has 0 spiro atoms. The molecular weight excluding hydrogens is 280 g/mol. The highest BCUT2D eigenvalue weighted by Gasteiger charge is 2.11. The predicted octanol–water partition coefficient (Wildman–Crippen LogP) is 4.29. The van der Waals surface area contributed by atoms with E-state index in [9.17, 15) is 0 Å². The third-order valence-electron chi connectivity index (χ3n) is 3.31. The van der Waals surface area contributed by atoms with Crippen LogP contribution in [0.5, 0.6) is 0 Å². The van der Waals surface area contributed by atoms with Gasteiger partial charge < -0.3 is 5.32 Å². The van der Waals surface area contributed by atoms with Crippen molar-refractivity contribution in [3.8, 4) is 0 Å². The highest BCUT2D eigenvalue weighted by atomic mass is 32.1. The number of aryl methyl sites for hydroxylation is 1. The summed E-state index contributed by atoms with van der Waals surface area (Å²) in [6.07, 6.45) is 3.40. The minimum atomic E-state index is 0.827. The number of pyridine rings is 1. The van der Waals surface area contributed by atoms with E-state index in [1.807, 2.05) is 24.3 Å². The third kappa shape index (κ3) is 2.11. The van der Waals surface area contributed by atoms with Gasteiger partial charge in [-0.2, -0.15) is 0 Å². The number of hydrogen-bond donors (Lipinski definition) is 1. The van der Waals surface area contributed by atoms with E-state index >= 15 is 0 Å². The molecule has 3 aromatic heterocycles. The standard InChI is InChI=1S/C16H12N4S/c1-10-4-2-5-11(8-10)20-15-14-13(18-9-19-15)12-6-3-7-17-16(12)21-14/h2-9H,1H3,(H,18,19,20). The van der Waals surface area contributed by atoms with Gasteiger partial charge in [0.1, 0.15) is 11.2 Å². The number of rotatable bonds is 2. The summed E-state index contributed by atoms with van der Waals surface area (Å²) >= 11 is 1.61. The SMILES string of the molecule is Cc1cccc(Nc2ncnc3c2sc2ncccc23)c1. The van der Waals surface area contributed by atoms with Gasteiger partial charge in [0.05, 0.1) is 10.2 Å². The van der Waals surface area contributed by atoms with Crippen LogP contribution in [-0.2, 0) is 0 Å². The number of nitrogens with zero attached hydrogens (tertiary/aromatic N) is 3. The summed E-state index contributed by atoms with van der Waals surface area (Å²) < 4.78 is 1.03. The summed E-state index contributed by atoms with van der Waals surface area (Å²) in [6.45, 7) is 2.07. The highest BCUT2D eigenvalue weighted by molar-refractivity contribution is 7.25. The second kappa shape index (κ2) is 4.79. The summed E-state index contributed by atoms with van der Waals surface area (Å²) in [6, 6.07) is 12.2. The lowest BCUT2D eigenvalue weighted by Gasteiger charge is -2.06. The number of fused-ring (bicyclic) bond motifs is 3. The van der Waals surface area contributed by atoms with Crippen molar-refractivity contribution in [3.05, 3.63) is 54.5 Å². The molecule has 21 heavy (non-hydrogen) atoms. The average molecular weight is 292 g/mol. The molecule has 1 aromatic carbocycles. The van der Waals surface area contributed by atoms with Crippen LogP contribution in [-0.4, -0.2) is 15.0 Å². The molecule has 3 heterocycles. The van der Waals surface area contributed by atoms with Crippen molar-refractivity contribution in [3.63, 3.8) is 0 Å². The van der Waals surface area contributed by atoms with E-state index in [4.69, 9.17) is 0 Å². The molecule has 0 fully saturated rings. The van der Waals surface area contributed by atoms with Crippen molar-refractivity contribution in [2.75, 3.05) is 5.32 Å². The second-order valence-corrected chi connectivity index (χ2v) is 5.85. The lowest BCUT2D eigenvalue weighted by Crippen LogP contribution is -1.94. The van der Waals surface area contributed by atoms with Crippen molar-refractivity contribution in [1.82, 2.24) is 15.0 Å². The van der Waals surface area contributed by atoms with Gasteiger partial charge in [-0.15, -0.1) is 11.3 Å². The molecule has 1 N–H and O–H groups in total. The Morgan fingerprint density at radius 2 is 2.00 bits per heavy atom. The summed E-state index contributed by atoms with van der Waals surface area (Å²) in [7, 11) is 0. The van der Waals surface area contributed by atoms with Crippen molar-refractivity contribution >= 4 is 43.3 Å². The van der Waals surface area contributed by atoms with Gasteiger partial charge in [-0.3, -0.25) is 0 Å². The third-order valence-corrected chi connectivity index (χ3v) is 4.42. The van der Waals surface area contributed by atoms with E-state index in [2.05, 4.69) is 39.3 Å². The fraction of sp³-hybridized carbons (Fsp3) is 0.0625. The fourth-order valence-electron chi connectivity index (χ4n) is 2.36. The summed E-state index contributed by atoms with van der Waals surface area (Å²) in [5, 5.41) is 4.46. The monoisotopic (exact) mass is 292 g/mol. The fourth-order valence-corrected chi connectivity index (χ4v) is 3.40. The van der Waals surface area contributed by atoms with Crippen LogP contribution in [0.4, 0.5) is 11.5 Å². The molecule has 0 unspecified atom stereocenters. The minimum Gasteiger partial charge on any atom is -0.339 e. The van der Waals surface area contributed by atoms with Gasteiger partial charge in [-0.25, -0.2) is 15.0 Å². The Hall–Kier alpha value is -2.53. The smallest absolute Gasteiger partial charge is 0.151 e. The zero-order chi connectivity index (χ0) is 14.2. The van der Waals surface area contributed by atoms with Crippen molar-refractivity contribution < 1.29 is 0 Å². The number of hydrogen-bond acceptors (Lipinski definition) is 5. The Bertz CT molecular complexity index is 945. The largest absolute Gasteiger partial charge is 0.339 e. The first kappa shape index (κ1) is 12.2. The van der Waals surface area contributed by atoms with E-state index in [1.54, 1.807) is 23.9 Å². The van der Waals surface area contributed by atoms with Crippen LogP contribution in [0.2, 0.25) is 0 Å². The molecule has 102 valence electrons. The van der Waals surface area contributed by atoms with Gasteiger partial charge in [-0.1, -0.05) is 12.1 Å².